The van der Waals surface area contributed by atoms with Crippen molar-refractivity contribution < 1.29 is 4.52 Å². The van der Waals surface area contributed by atoms with Gasteiger partial charge in [-0.2, -0.15) is 10.1 Å². The number of nitrogen functional groups attached to an aromatic ring is 1. The SMILES string of the molecule is Cc1noc(CNc2c(N)c(C)nn2C(C)C)n1. The molecule has 0 aliphatic rings. The topological polar surface area (TPSA) is 94.8 Å². The van der Waals surface area contributed by atoms with Gasteiger partial charge in [-0.1, -0.05) is 5.16 Å². The zero-order valence-corrected chi connectivity index (χ0v) is 11.1. The lowest BCUT2D eigenvalue weighted by Gasteiger charge is -2.12. The molecule has 0 saturated carbocycles. The fourth-order valence-corrected chi connectivity index (χ4v) is 1.68. The average Bonchev–Trinajstić information content (AvgIpc) is 2.83. The van der Waals surface area contributed by atoms with E-state index >= 15 is 0 Å². The molecule has 0 aliphatic carbocycles. The smallest absolute Gasteiger partial charge is 0.245 e. The van der Waals surface area contributed by atoms with Crippen LogP contribution in [0.15, 0.2) is 4.52 Å². The summed E-state index contributed by atoms with van der Waals surface area (Å²) >= 11 is 0. The van der Waals surface area contributed by atoms with Crippen molar-refractivity contribution in [2.24, 2.45) is 0 Å². The minimum absolute atomic E-state index is 0.230. The van der Waals surface area contributed by atoms with Crippen molar-refractivity contribution >= 4 is 11.5 Å². The van der Waals surface area contributed by atoms with E-state index in [2.05, 4.69) is 20.6 Å². The number of anilines is 2. The van der Waals surface area contributed by atoms with Crippen LogP contribution in [-0.4, -0.2) is 19.9 Å². The van der Waals surface area contributed by atoms with Gasteiger partial charge in [0.25, 0.3) is 0 Å². The van der Waals surface area contributed by atoms with Crippen molar-refractivity contribution in [1.29, 1.82) is 0 Å². The molecule has 0 aromatic carbocycles. The lowest BCUT2D eigenvalue weighted by Crippen LogP contribution is -2.11. The van der Waals surface area contributed by atoms with E-state index in [1.54, 1.807) is 6.92 Å². The number of aryl methyl sites for hydroxylation is 2. The van der Waals surface area contributed by atoms with Gasteiger partial charge in [-0.05, 0) is 27.7 Å². The summed E-state index contributed by atoms with van der Waals surface area (Å²) in [5.41, 5.74) is 7.46. The molecule has 0 radical (unpaired) electrons. The Labute approximate surface area is 105 Å². The molecule has 18 heavy (non-hydrogen) atoms. The number of nitrogens with two attached hydrogens (primary N) is 1. The van der Waals surface area contributed by atoms with E-state index < -0.39 is 0 Å². The summed E-state index contributed by atoms with van der Waals surface area (Å²) in [5.74, 6) is 1.94. The number of nitrogens with one attached hydrogen (secondary N) is 1. The number of nitrogens with zero attached hydrogens (tertiary/aromatic N) is 4. The van der Waals surface area contributed by atoms with Gasteiger partial charge in [0.15, 0.2) is 5.82 Å². The number of rotatable bonds is 4. The van der Waals surface area contributed by atoms with Crippen LogP contribution in [0.3, 0.4) is 0 Å². The highest BCUT2D eigenvalue weighted by Crippen LogP contribution is 2.25. The second-order valence-corrected chi connectivity index (χ2v) is 4.47. The first-order valence-electron chi connectivity index (χ1n) is 5.86. The predicted octanol–water partition coefficient (Wildman–Crippen LogP) is 1.66. The second kappa shape index (κ2) is 4.67. The van der Waals surface area contributed by atoms with Gasteiger partial charge in [-0.15, -0.1) is 0 Å². The van der Waals surface area contributed by atoms with Crippen molar-refractivity contribution in [1.82, 2.24) is 19.9 Å². The Bertz CT molecular complexity index is 542. The molecule has 0 spiro atoms. The van der Waals surface area contributed by atoms with Crippen LogP contribution in [0.25, 0.3) is 0 Å². The maximum Gasteiger partial charge on any atom is 0.245 e. The standard InChI is InChI=1S/C11H18N6O/c1-6(2)17-11(10(12)7(3)15-17)13-5-9-14-8(4)16-18-9/h6,13H,5,12H2,1-4H3. The maximum absolute atomic E-state index is 6.00. The summed E-state index contributed by atoms with van der Waals surface area (Å²) < 4.78 is 6.89. The van der Waals surface area contributed by atoms with Crippen LogP contribution in [0.4, 0.5) is 11.5 Å². The van der Waals surface area contributed by atoms with E-state index in [9.17, 15) is 0 Å². The largest absolute Gasteiger partial charge is 0.394 e. The maximum atomic E-state index is 6.00. The highest BCUT2D eigenvalue weighted by Gasteiger charge is 2.15. The molecule has 0 unspecified atom stereocenters. The molecule has 98 valence electrons. The van der Waals surface area contributed by atoms with Crippen LogP contribution < -0.4 is 11.1 Å². The lowest BCUT2D eigenvalue weighted by atomic mass is 10.3. The molecule has 0 bridgehead atoms. The van der Waals surface area contributed by atoms with Crippen molar-refractivity contribution in [2.45, 2.75) is 40.3 Å². The van der Waals surface area contributed by atoms with Crippen molar-refractivity contribution in [3.63, 3.8) is 0 Å². The minimum Gasteiger partial charge on any atom is -0.394 e. The first kappa shape index (κ1) is 12.4. The number of aromatic nitrogens is 4. The molecule has 0 amide bonds. The Morgan fingerprint density at radius 1 is 1.39 bits per heavy atom. The van der Waals surface area contributed by atoms with Crippen molar-refractivity contribution in [3.05, 3.63) is 17.4 Å². The van der Waals surface area contributed by atoms with E-state index in [0.29, 0.717) is 23.9 Å². The van der Waals surface area contributed by atoms with Gasteiger partial charge < -0.3 is 15.6 Å². The van der Waals surface area contributed by atoms with E-state index in [1.165, 1.54) is 0 Å². The normalized spacial score (nSPS) is 11.2. The van der Waals surface area contributed by atoms with E-state index in [4.69, 9.17) is 10.3 Å². The summed E-state index contributed by atoms with van der Waals surface area (Å²) in [7, 11) is 0. The molecule has 0 saturated heterocycles. The molecular formula is C11H18N6O. The van der Waals surface area contributed by atoms with E-state index in [-0.39, 0.29) is 6.04 Å². The fraction of sp³-hybridized carbons (Fsp3) is 0.545. The van der Waals surface area contributed by atoms with Crippen LogP contribution in [0, 0.1) is 13.8 Å². The molecule has 2 aromatic rings. The first-order chi connectivity index (χ1) is 8.49. The third kappa shape index (κ3) is 2.29. The van der Waals surface area contributed by atoms with Crippen LogP contribution in [0.5, 0.6) is 0 Å². The monoisotopic (exact) mass is 250 g/mol. The van der Waals surface area contributed by atoms with Gasteiger partial charge >= 0.3 is 0 Å². The van der Waals surface area contributed by atoms with Gasteiger partial charge in [0.2, 0.25) is 5.89 Å². The third-order valence-electron chi connectivity index (χ3n) is 2.60. The minimum atomic E-state index is 0.230. The zero-order chi connectivity index (χ0) is 13.3. The quantitative estimate of drug-likeness (QED) is 0.856. The summed E-state index contributed by atoms with van der Waals surface area (Å²) in [6, 6.07) is 0.230. The Morgan fingerprint density at radius 2 is 2.11 bits per heavy atom. The van der Waals surface area contributed by atoms with Crippen molar-refractivity contribution in [3.8, 4) is 0 Å². The molecule has 7 nitrogen and oxygen atoms in total. The molecular weight excluding hydrogens is 232 g/mol. The summed E-state index contributed by atoms with van der Waals surface area (Å²) in [6.07, 6.45) is 0. The molecule has 2 heterocycles. The van der Waals surface area contributed by atoms with Crippen LogP contribution in [0.1, 0.15) is 37.3 Å². The van der Waals surface area contributed by atoms with Crippen molar-refractivity contribution in [2.75, 3.05) is 11.1 Å². The number of hydrogen-bond acceptors (Lipinski definition) is 6. The summed E-state index contributed by atoms with van der Waals surface area (Å²) in [4.78, 5) is 4.13. The Kier molecular flexibility index (Phi) is 3.22. The lowest BCUT2D eigenvalue weighted by molar-refractivity contribution is 0.379. The van der Waals surface area contributed by atoms with Gasteiger partial charge in [0, 0.05) is 6.04 Å². The van der Waals surface area contributed by atoms with Gasteiger partial charge in [0.05, 0.1) is 17.9 Å². The molecule has 3 N–H and O–H groups in total. The Morgan fingerprint density at radius 3 is 2.67 bits per heavy atom. The van der Waals surface area contributed by atoms with E-state index in [0.717, 1.165) is 11.5 Å². The van der Waals surface area contributed by atoms with Crippen LogP contribution >= 0.6 is 0 Å². The molecule has 2 aromatic heterocycles. The molecule has 2 rings (SSSR count). The molecule has 0 aliphatic heterocycles. The summed E-state index contributed by atoms with van der Waals surface area (Å²) in [6.45, 7) is 8.20. The average molecular weight is 250 g/mol. The zero-order valence-electron chi connectivity index (χ0n) is 11.1. The predicted molar refractivity (Wildman–Crippen MR) is 68.1 cm³/mol. The molecule has 0 atom stereocenters. The third-order valence-corrected chi connectivity index (χ3v) is 2.60. The fourth-order valence-electron chi connectivity index (χ4n) is 1.68. The van der Waals surface area contributed by atoms with Crippen LogP contribution in [0.2, 0.25) is 0 Å². The Balaban J connectivity index is 2.18. The molecule has 7 heteroatoms. The van der Waals surface area contributed by atoms with Gasteiger partial charge in [0.1, 0.15) is 5.82 Å². The van der Waals surface area contributed by atoms with Crippen LogP contribution in [-0.2, 0) is 6.54 Å². The highest BCUT2D eigenvalue weighted by atomic mass is 16.5. The van der Waals surface area contributed by atoms with Gasteiger partial charge in [-0.3, -0.25) is 0 Å². The van der Waals surface area contributed by atoms with E-state index in [1.807, 2.05) is 25.5 Å². The molecule has 0 fully saturated rings. The Hall–Kier alpha value is -2.05. The first-order valence-corrected chi connectivity index (χ1v) is 5.86. The highest BCUT2D eigenvalue weighted by molar-refractivity contribution is 5.64. The van der Waals surface area contributed by atoms with Gasteiger partial charge in [-0.25, -0.2) is 4.68 Å². The summed E-state index contributed by atoms with van der Waals surface area (Å²) in [5, 5.41) is 11.3. The second-order valence-electron chi connectivity index (χ2n) is 4.47. The number of hydrogen-bond donors (Lipinski definition) is 2.